The van der Waals surface area contributed by atoms with Crippen molar-refractivity contribution in [2.24, 2.45) is 5.92 Å². The highest BCUT2D eigenvalue weighted by molar-refractivity contribution is 5.13. The Bertz CT molecular complexity index is 360. The van der Waals surface area contributed by atoms with E-state index in [2.05, 4.69) is 51.0 Å². The van der Waals surface area contributed by atoms with Gasteiger partial charge >= 0.3 is 0 Å². The van der Waals surface area contributed by atoms with E-state index in [0.717, 1.165) is 24.7 Å². The summed E-state index contributed by atoms with van der Waals surface area (Å²) in [6.45, 7) is 16.2. The van der Waals surface area contributed by atoms with Crippen LogP contribution < -0.4 is 0 Å². The standard InChI is InChI=1S/C17H27N/c1-6-12-18(14(2)3)13-11-16(5)17-9-7-15(4)8-10-17/h6-7,11,17H,1-2,8-10,12-13H2,3-5H3/b16-11-. The molecule has 0 aromatic carbocycles. The lowest BCUT2D eigenvalue weighted by molar-refractivity contribution is 0.420. The van der Waals surface area contributed by atoms with Crippen LogP contribution in [0.3, 0.4) is 0 Å². The first-order chi connectivity index (χ1) is 8.54. The zero-order valence-corrected chi connectivity index (χ0v) is 12.2. The molecular formula is C17H27N. The maximum absolute atomic E-state index is 4.01. The van der Waals surface area contributed by atoms with E-state index < -0.39 is 0 Å². The van der Waals surface area contributed by atoms with E-state index in [-0.39, 0.29) is 0 Å². The number of nitrogens with zero attached hydrogens (tertiary/aromatic N) is 1. The summed E-state index contributed by atoms with van der Waals surface area (Å²) in [6, 6.07) is 0. The SMILES string of the molecule is C=CCN(C/C=C(/C)C1CC=C(C)CC1)C(=C)C. The molecule has 100 valence electrons. The van der Waals surface area contributed by atoms with Crippen LogP contribution in [0, 0.1) is 5.92 Å². The predicted octanol–water partition coefficient (Wildman–Crippen LogP) is 4.70. The van der Waals surface area contributed by atoms with Crippen molar-refractivity contribution in [3.05, 3.63) is 48.2 Å². The van der Waals surface area contributed by atoms with Gasteiger partial charge in [-0.25, -0.2) is 0 Å². The Morgan fingerprint density at radius 2 is 2.17 bits per heavy atom. The minimum absolute atomic E-state index is 0.740. The first kappa shape index (κ1) is 14.8. The molecule has 1 aliphatic carbocycles. The molecule has 1 heteroatoms. The summed E-state index contributed by atoms with van der Waals surface area (Å²) in [5.41, 5.74) is 4.18. The fourth-order valence-electron chi connectivity index (χ4n) is 2.34. The average Bonchev–Trinajstić information content (AvgIpc) is 2.34. The first-order valence-corrected chi connectivity index (χ1v) is 6.88. The van der Waals surface area contributed by atoms with Crippen molar-refractivity contribution < 1.29 is 0 Å². The second-order valence-electron chi connectivity index (χ2n) is 5.40. The van der Waals surface area contributed by atoms with Crippen LogP contribution in [0.4, 0.5) is 0 Å². The van der Waals surface area contributed by atoms with Crippen LogP contribution in [0.1, 0.15) is 40.0 Å². The number of hydrogen-bond acceptors (Lipinski definition) is 1. The Morgan fingerprint density at radius 1 is 1.44 bits per heavy atom. The zero-order valence-electron chi connectivity index (χ0n) is 12.2. The molecule has 0 fully saturated rings. The van der Waals surface area contributed by atoms with E-state index >= 15 is 0 Å². The van der Waals surface area contributed by atoms with E-state index in [0.29, 0.717) is 0 Å². The molecule has 0 heterocycles. The van der Waals surface area contributed by atoms with Gasteiger partial charge in [0.15, 0.2) is 0 Å². The molecule has 0 N–H and O–H groups in total. The third-order valence-electron chi connectivity index (χ3n) is 3.80. The summed E-state index contributed by atoms with van der Waals surface area (Å²) in [5.74, 6) is 0.740. The van der Waals surface area contributed by atoms with Gasteiger partial charge in [-0.15, -0.1) is 6.58 Å². The molecule has 0 saturated heterocycles. The Kier molecular flexibility index (Phi) is 5.97. The van der Waals surface area contributed by atoms with Gasteiger partial charge in [0.05, 0.1) is 0 Å². The van der Waals surface area contributed by atoms with Crippen LogP contribution in [-0.4, -0.2) is 18.0 Å². The Labute approximate surface area is 113 Å². The van der Waals surface area contributed by atoms with Gasteiger partial charge in [0.25, 0.3) is 0 Å². The smallest absolute Gasteiger partial charge is 0.0362 e. The Morgan fingerprint density at radius 3 is 2.67 bits per heavy atom. The van der Waals surface area contributed by atoms with Gasteiger partial charge in [-0.1, -0.05) is 36.0 Å². The van der Waals surface area contributed by atoms with Crippen LogP contribution in [-0.2, 0) is 0 Å². The highest BCUT2D eigenvalue weighted by atomic mass is 15.1. The Balaban J connectivity index is 2.55. The first-order valence-electron chi connectivity index (χ1n) is 6.88. The van der Waals surface area contributed by atoms with E-state index in [1.807, 2.05) is 6.08 Å². The molecule has 0 aromatic heterocycles. The van der Waals surface area contributed by atoms with Gasteiger partial charge in [0.2, 0.25) is 0 Å². The monoisotopic (exact) mass is 245 g/mol. The van der Waals surface area contributed by atoms with Crippen molar-refractivity contribution in [2.45, 2.75) is 40.0 Å². The molecule has 0 saturated carbocycles. The largest absolute Gasteiger partial charge is 0.368 e. The highest BCUT2D eigenvalue weighted by Gasteiger charge is 2.14. The van der Waals surface area contributed by atoms with Crippen molar-refractivity contribution >= 4 is 0 Å². The molecule has 1 unspecified atom stereocenters. The van der Waals surface area contributed by atoms with Crippen molar-refractivity contribution in [3.63, 3.8) is 0 Å². The van der Waals surface area contributed by atoms with E-state index in [1.165, 1.54) is 24.8 Å². The summed E-state index contributed by atoms with van der Waals surface area (Å²) in [6.07, 6.45) is 10.5. The summed E-state index contributed by atoms with van der Waals surface area (Å²) in [4.78, 5) is 2.25. The molecular weight excluding hydrogens is 218 g/mol. The summed E-state index contributed by atoms with van der Waals surface area (Å²) in [5, 5.41) is 0. The molecule has 0 bridgehead atoms. The summed E-state index contributed by atoms with van der Waals surface area (Å²) in [7, 11) is 0. The van der Waals surface area contributed by atoms with Crippen LogP contribution in [0.5, 0.6) is 0 Å². The number of rotatable bonds is 6. The summed E-state index contributed by atoms with van der Waals surface area (Å²) >= 11 is 0. The maximum Gasteiger partial charge on any atom is 0.0362 e. The molecule has 0 radical (unpaired) electrons. The van der Waals surface area contributed by atoms with Crippen molar-refractivity contribution in [1.29, 1.82) is 0 Å². The molecule has 1 aliphatic rings. The normalized spacial score (nSPS) is 20.3. The zero-order chi connectivity index (χ0) is 13.5. The van der Waals surface area contributed by atoms with Gasteiger partial charge in [0, 0.05) is 18.8 Å². The fraction of sp³-hybridized carbons (Fsp3) is 0.529. The van der Waals surface area contributed by atoms with Crippen LogP contribution in [0.2, 0.25) is 0 Å². The molecule has 0 aliphatic heterocycles. The predicted molar refractivity (Wildman–Crippen MR) is 81.4 cm³/mol. The third-order valence-corrected chi connectivity index (χ3v) is 3.80. The van der Waals surface area contributed by atoms with Crippen molar-refractivity contribution in [2.75, 3.05) is 13.1 Å². The lowest BCUT2D eigenvalue weighted by atomic mass is 9.85. The maximum atomic E-state index is 4.01. The molecule has 0 amide bonds. The van der Waals surface area contributed by atoms with Crippen molar-refractivity contribution in [3.8, 4) is 0 Å². The fourth-order valence-corrected chi connectivity index (χ4v) is 2.34. The molecule has 0 aromatic rings. The molecule has 18 heavy (non-hydrogen) atoms. The van der Waals surface area contributed by atoms with Gasteiger partial charge in [0.1, 0.15) is 0 Å². The van der Waals surface area contributed by atoms with Crippen LogP contribution in [0.15, 0.2) is 48.2 Å². The minimum atomic E-state index is 0.740. The van der Waals surface area contributed by atoms with Gasteiger partial charge in [-0.05, 0) is 46.0 Å². The van der Waals surface area contributed by atoms with Crippen LogP contribution >= 0.6 is 0 Å². The molecule has 0 spiro atoms. The van der Waals surface area contributed by atoms with Crippen molar-refractivity contribution in [1.82, 2.24) is 4.90 Å². The van der Waals surface area contributed by atoms with Gasteiger partial charge < -0.3 is 4.90 Å². The Hall–Kier alpha value is -1.24. The molecule has 1 nitrogen and oxygen atoms in total. The quantitative estimate of drug-likeness (QED) is 0.613. The second kappa shape index (κ2) is 7.25. The highest BCUT2D eigenvalue weighted by Crippen LogP contribution is 2.28. The minimum Gasteiger partial charge on any atom is -0.368 e. The average molecular weight is 245 g/mol. The topological polar surface area (TPSA) is 3.24 Å². The summed E-state index contributed by atoms with van der Waals surface area (Å²) < 4.78 is 0. The number of allylic oxidation sites excluding steroid dienone is 4. The third kappa shape index (κ3) is 4.56. The second-order valence-corrected chi connectivity index (χ2v) is 5.40. The van der Waals surface area contributed by atoms with E-state index in [9.17, 15) is 0 Å². The molecule has 1 atom stereocenters. The van der Waals surface area contributed by atoms with Crippen LogP contribution in [0.25, 0.3) is 0 Å². The lowest BCUT2D eigenvalue weighted by Gasteiger charge is -2.24. The van der Waals surface area contributed by atoms with E-state index in [1.54, 1.807) is 5.57 Å². The molecule has 1 rings (SSSR count). The number of hydrogen-bond donors (Lipinski definition) is 0. The van der Waals surface area contributed by atoms with Gasteiger partial charge in [-0.3, -0.25) is 0 Å². The van der Waals surface area contributed by atoms with Gasteiger partial charge in [-0.2, -0.15) is 0 Å². The lowest BCUT2D eigenvalue weighted by Crippen LogP contribution is -2.21. The van der Waals surface area contributed by atoms with E-state index in [4.69, 9.17) is 0 Å².